The van der Waals surface area contributed by atoms with Crippen LogP contribution in [0.5, 0.6) is 0 Å². The first-order valence-corrected chi connectivity index (χ1v) is 7.78. The van der Waals surface area contributed by atoms with Gasteiger partial charge in [-0.25, -0.2) is 14.1 Å². The first-order chi connectivity index (χ1) is 11.7. The Morgan fingerprint density at radius 3 is 2.71 bits per heavy atom. The highest BCUT2D eigenvalue weighted by Gasteiger charge is 2.25. The molecule has 2 heterocycles. The van der Waals surface area contributed by atoms with Crippen molar-refractivity contribution in [2.24, 2.45) is 0 Å². The molecule has 24 heavy (non-hydrogen) atoms. The van der Waals surface area contributed by atoms with Gasteiger partial charge >= 0.3 is 0 Å². The fourth-order valence-corrected chi connectivity index (χ4v) is 2.50. The normalized spacial score (nSPS) is 13.7. The molecule has 0 spiro atoms. The number of nitrogens with zero attached hydrogens (tertiary/aromatic N) is 3. The summed E-state index contributed by atoms with van der Waals surface area (Å²) in [6, 6.07) is 10.8. The number of pyridine rings is 1. The Balaban J connectivity index is 1.54. The number of hydrogen-bond donors (Lipinski definition) is 1. The van der Waals surface area contributed by atoms with Crippen LogP contribution in [0.1, 0.15) is 34.8 Å². The molecule has 1 amide bonds. The lowest BCUT2D eigenvalue weighted by atomic mass is 10.2. The Bertz CT molecular complexity index is 884. The van der Waals surface area contributed by atoms with Crippen molar-refractivity contribution in [2.75, 3.05) is 5.32 Å². The van der Waals surface area contributed by atoms with Gasteiger partial charge < -0.3 is 5.32 Å². The second-order valence-corrected chi connectivity index (χ2v) is 5.83. The highest BCUT2D eigenvalue weighted by atomic mass is 19.1. The summed E-state index contributed by atoms with van der Waals surface area (Å²) in [7, 11) is 0. The number of anilines is 1. The summed E-state index contributed by atoms with van der Waals surface area (Å²) in [6.45, 7) is 0. The Morgan fingerprint density at radius 1 is 1.17 bits per heavy atom. The van der Waals surface area contributed by atoms with Gasteiger partial charge in [0.25, 0.3) is 5.91 Å². The fourth-order valence-electron chi connectivity index (χ4n) is 2.50. The van der Waals surface area contributed by atoms with Crippen molar-refractivity contribution in [3.63, 3.8) is 0 Å². The first-order valence-electron chi connectivity index (χ1n) is 7.78. The lowest BCUT2D eigenvalue weighted by Gasteiger charge is -2.06. The predicted molar refractivity (Wildman–Crippen MR) is 87.7 cm³/mol. The van der Waals surface area contributed by atoms with E-state index in [1.807, 2.05) is 12.4 Å². The number of halogens is 1. The minimum absolute atomic E-state index is 0.278. The van der Waals surface area contributed by atoms with Crippen molar-refractivity contribution >= 4 is 11.6 Å². The van der Waals surface area contributed by atoms with Crippen LogP contribution in [-0.2, 0) is 0 Å². The van der Waals surface area contributed by atoms with E-state index in [0.29, 0.717) is 17.4 Å². The number of aromatic nitrogens is 3. The third kappa shape index (κ3) is 3.03. The highest BCUT2D eigenvalue weighted by Crippen LogP contribution is 2.39. The zero-order valence-corrected chi connectivity index (χ0v) is 12.8. The summed E-state index contributed by atoms with van der Waals surface area (Å²) >= 11 is 0. The number of carbonyl (C=O) groups excluding carboxylic acids is 1. The van der Waals surface area contributed by atoms with Gasteiger partial charge in [-0.3, -0.25) is 4.79 Å². The maximum absolute atomic E-state index is 12.9. The van der Waals surface area contributed by atoms with Crippen molar-refractivity contribution in [1.29, 1.82) is 0 Å². The molecule has 1 fully saturated rings. The van der Waals surface area contributed by atoms with Gasteiger partial charge in [0, 0.05) is 11.9 Å². The molecule has 5 nitrogen and oxygen atoms in total. The van der Waals surface area contributed by atoms with Crippen molar-refractivity contribution in [1.82, 2.24) is 14.8 Å². The third-order valence-electron chi connectivity index (χ3n) is 3.96. The van der Waals surface area contributed by atoms with Gasteiger partial charge in [0.05, 0.1) is 6.20 Å². The van der Waals surface area contributed by atoms with Gasteiger partial charge in [-0.05, 0) is 60.7 Å². The second-order valence-electron chi connectivity index (χ2n) is 5.83. The molecule has 0 saturated heterocycles. The van der Waals surface area contributed by atoms with Gasteiger partial charge in [0.1, 0.15) is 11.5 Å². The Kier molecular flexibility index (Phi) is 3.57. The summed E-state index contributed by atoms with van der Waals surface area (Å²) in [5, 5.41) is 7.02. The van der Waals surface area contributed by atoms with Gasteiger partial charge in [-0.15, -0.1) is 0 Å². The summed E-state index contributed by atoms with van der Waals surface area (Å²) < 4.78 is 14.6. The monoisotopic (exact) mass is 322 g/mol. The van der Waals surface area contributed by atoms with E-state index >= 15 is 0 Å². The van der Waals surface area contributed by atoms with Crippen molar-refractivity contribution in [3.05, 3.63) is 71.9 Å². The van der Waals surface area contributed by atoms with Gasteiger partial charge in [-0.2, -0.15) is 5.10 Å². The van der Waals surface area contributed by atoms with Crippen molar-refractivity contribution in [3.8, 4) is 5.82 Å². The molecule has 1 aromatic carbocycles. The van der Waals surface area contributed by atoms with E-state index < -0.39 is 0 Å². The van der Waals surface area contributed by atoms with Gasteiger partial charge in [0.2, 0.25) is 0 Å². The van der Waals surface area contributed by atoms with Crippen LogP contribution in [0.25, 0.3) is 5.82 Å². The SMILES string of the molecule is O=C(Nc1ccc(F)cc1)c1cccc(-n2cc(C3CC3)cn2)n1. The molecule has 4 rings (SSSR count). The lowest BCUT2D eigenvalue weighted by molar-refractivity contribution is 0.102. The number of carbonyl (C=O) groups is 1. The molecule has 3 aromatic rings. The molecule has 1 N–H and O–H groups in total. The molecule has 1 saturated carbocycles. The summed E-state index contributed by atoms with van der Waals surface area (Å²) in [5.74, 6) is 0.508. The molecule has 0 bridgehead atoms. The number of hydrogen-bond acceptors (Lipinski definition) is 3. The molecular formula is C18H15FN4O. The Morgan fingerprint density at radius 2 is 1.96 bits per heavy atom. The quantitative estimate of drug-likeness (QED) is 0.799. The molecule has 6 heteroatoms. The third-order valence-corrected chi connectivity index (χ3v) is 3.96. The van der Waals surface area contributed by atoms with Gasteiger partial charge in [-0.1, -0.05) is 6.07 Å². The van der Waals surface area contributed by atoms with Crippen LogP contribution in [0.4, 0.5) is 10.1 Å². The van der Waals surface area contributed by atoms with Crippen LogP contribution in [0, 0.1) is 5.82 Å². The van der Waals surface area contributed by atoms with Crippen LogP contribution < -0.4 is 5.32 Å². The van der Waals surface area contributed by atoms with E-state index in [0.717, 1.165) is 0 Å². The minimum atomic E-state index is -0.349. The van der Waals surface area contributed by atoms with E-state index in [2.05, 4.69) is 15.4 Å². The van der Waals surface area contributed by atoms with Crippen LogP contribution in [0.2, 0.25) is 0 Å². The van der Waals surface area contributed by atoms with Crippen LogP contribution in [-0.4, -0.2) is 20.7 Å². The fraction of sp³-hybridized carbons (Fsp3) is 0.167. The van der Waals surface area contributed by atoms with E-state index in [9.17, 15) is 9.18 Å². The summed E-state index contributed by atoms with van der Waals surface area (Å²) in [4.78, 5) is 16.7. The maximum Gasteiger partial charge on any atom is 0.274 e. The summed E-state index contributed by atoms with van der Waals surface area (Å²) in [6.07, 6.45) is 6.23. The minimum Gasteiger partial charge on any atom is -0.321 e. The molecule has 120 valence electrons. The standard InChI is InChI=1S/C18H15FN4O/c19-14-6-8-15(9-7-14)21-18(24)16-2-1-3-17(22-16)23-11-13(10-20-23)12-4-5-12/h1-3,6-12H,4-5H2,(H,21,24). The molecule has 1 aliphatic carbocycles. The predicted octanol–water partition coefficient (Wildman–Crippen LogP) is 3.54. The number of amides is 1. The first kappa shape index (κ1) is 14.6. The molecule has 1 aliphatic rings. The van der Waals surface area contributed by atoms with Crippen LogP contribution >= 0.6 is 0 Å². The maximum atomic E-state index is 12.9. The second kappa shape index (κ2) is 5.88. The van der Waals surface area contributed by atoms with E-state index in [1.165, 1.54) is 42.7 Å². The topological polar surface area (TPSA) is 59.8 Å². The number of benzene rings is 1. The van der Waals surface area contributed by atoms with E-state index in [-0.39, 0.29) is 17.4 Å². The smallest absolute Gasteiger partial charge is 0.274 e. The average Bonchev–Trinajstić information content (AvgIpc) is 3.34. The van der Waals surface area contributed by atoms with E-state index in [1.54, 1.807) is 22.9 Å². The number of rotatable bonds is 4. The zero-order valence-electron chi connectivity index (χ0n) is 12.8. The van der Waals surface area contributed by atoms with E-state index in [4.69, 9.17) is 0 Å². The van der Waals surface area contributed by atoms with Gasteiger partial charge in [0.15, 0.2) is 5.82 Å². The molecular weight excluding hydrogens is 307 g/mol. The number of nitrogens with one attached hydrogen (secondary N) is 1. The van der Waals surface area contributed by atoms with Crippen LogP contribution in [0.3, 0.4) is 0 Å². The molecule has 2 aromatic heterocycles. The Hall–Kier alpha value is -3.02. The Labute approximate surface area is 138 Å². The summed E-state index contributed by atoms with van der Waals surface area (Å²) in [5.41, 5.74) is 2.00. The molecule has 0 aliphatic heterocycles. The van der Waals surface area contributed by atoms with Crippen molar-refractivity contribution in [2.45, 2.75) is 18.8 Å². The molecule has 0 radical (unpaired) electrons. The highest BCUT2D eigenvalue weighted by molar-refractivity contribution is 6.02. The molecule has 0 unspecified atom stereocenters. The molecule has 0 atom stereocenters. The largest absolute Gasteiger partial charge is 0.321 e. The zero-order chi connectivity index (χ0) is 16.5. The lowest BCUT2D eigenvalue weighted by Crippen LogP contribution is -2.14. The average molecular weight is 322 g/mol. The van der Waals surface area contributed by atoms with Crippen molar-refractivity contribution < 1.29 is 9.18 Å². The van der Waals surface area contributed by atoms with Crippen LogP contribution in [0.15, 0.2) is 54.9 Å².